The maximum atomic E-state index is 12.9. The van der Waals surface area contributed by atoms with Crippen LogP contribution in [0.5, 0.6) is 0 Å². The molecule has 3 aromatic rings. The van der Waals surface area contributed by atoms with Crippen molar-refractivity contribution >= 4 is 33.7 Å². The number of hydrogen-bond donors (Lipinski definition) is 1. The molecule has 0 spiro atoms. The number of carboxylic acids is 1. The van der Waals surface area contributed by atoms with Gasteiger partial charge in [-0.15, -0.1) is 0 Å². The zero-order valence-corrected chi connectivity index (χ0v) is 17.5. The van der Waals surface area contributed by atoms with Gasteiger partial charge in [0.1, 0.15) is 12.5 Å². The fourth-order valence-electron chi connectivity index (χ4n) is 4.49. The van der Waals surface area contributed by atoms with Gasteiger partial charge in [-0.1, -0.05) is 64.5 Å². The number of aliphatic carboxylic acids is 1. The molecule has 6 heteroatoms. The Bertz CT molecular complexity index is 1130. The number of benzene rings is 3. The first-order valence-corrected chi connectivity index (χ1v) is 10.5. The van der Waals surface area contributed by atoms with Crippen LogP contribution in [-0.4, -0.2) is 30.3 Å². The van der Waals surface area contributed by atoms with E-state index in [0.717, 1.165) is 26.7 Å². The summed E-state index contributed by atoms with van der Waals surface area (Å²) >= 11 is 3.38. The number of hydrogen-bond acceptors (Lipinski definition) is 3. The topological polar surface area (TPSA) is 66.8 Å². The Morgan fingerprint density at radius 1 is 0.967 bits per heavy atom. The second kappa shape index (κ2) is 7.29. The number of rotatable bonds is 3. The minimum Gasteiger partial charge on any atom is -0.481 e. The monoisotopic (exact) mass is 463 g/mol. The highest BCUT2D eigenvalue weighted by atomic mass is 79.9. The third kappa shape index (κ3) is 2.99. The molecule has 0 radical (unpaired) electrons. The maximum absolute atomic E-state index is 12.9. The number of amides is 1. The quantitative estimate of drug-likeness (QED) is 0.565. The van der Waals surface area contributed by atoms with Crippen molar-refractivity contribution in [2.24, 2.45) is 0 Å². The highest BCUT2D eigenvalue weighted by Crippen LogP contribution is 2.45. The molecule has 0 fully saturated rings. The predicted molar refractivity (Wildman–Crippen MR) is 117 cm³/mol. The standard InChI is InChI=1S/C24H18BrNO4/c25-14-9-10-22-19(11-14)20(23(27)28)12-26(22)24(29)30-13-21-17-7-3-1-5-15(17)16-6-2-4-8-18(16)21/h1-11,20-21H,12-13H2,(H,27,28). The van der Waals surface area contributed by atoms with Crippen LogP contribution in [0.15, 0.2) is 71.2 Å². The molecular weight excluding hydrogens is 446 g/mol. The van der Waals surface area contributed by atoms with Crippen LogP contribution in [0, 0.1) is 0 Å². The first-order valence-electron chi connectivity index (χ1n) is 9.69. The summed E-state index contributed by atoms with van der Waals surface area (Å²) in [5.41, 5.74) is 5.81. The first-order chi connectivity index (χ1) is 14.5. The molecule has 0 bridgehead atoms. The Balaban J connectivity index is 1.40. The molecule has 0 aromatic heterocycles. The molecule has 1 unspecified atom stereocenters. The predicted octanol–water partition coefficient (Wildman–Crippen LogP) is 5.39. The third-order valence-corrected chi connectivity index (χ3v) is 6.37. The van der Waals surface area contributed by atoms with E-state index in [2.05, 4.69) is 40.2 Å². The van der Waals surface area contributed by atoms with E-state index in [4.69, 9.17) is 4.74 Å². The van der Waals surface area contributed by atoms with Gasteiger partial charge >= 0.3 is 12.1 Å². The van der Waals surface area contributed by atoms with Crippen molar-refractivity contribution in [2.45, 2.75) is 11.8 Å². The lowest BCUT2D eigenvalue weighted by Gasteiger charge is -2.20. The zero-order valence-electron chi connectivity index (χ0n) is 15.9. The molecular formula is C24H18BrNO4. The molecule has 1 amide bonds. The minimum atomic E-state index is -0.955. The molecule has 0 saturated carbocycles. The molecule has 1 aliphatic heterocycles. The first kappa shape index (κ1) is 18.9. The number of carbonyl (C=O) groups is 2. The van der Waals surface area contributed by atoms with Crippen LogP contribution in [0.25, 0.3) is 11.1 Å². The van der Waals surface area contributed by atoms with Gasteiger partial charge in [-0.05, 0) is 46.0 Å². The molecule has 1 N–H and O–H groups in total. The summed E-state index contributed by atoms with van der Waals surface area (Å²) in [4.78, 5) is 26.1. The Morgan fingerprint density at radius 3 is 2.23 bits per heavy atom. The summed E-state index contributed by atoms with van der Waals surface area (Å²) in [5.74, 6) is -1.76. The van der Waals surface area contributed by atoms with Crippen molar-refractivity contribution in [3.8, 4) is 11.1 Å². The van der Waals surface area contributed by atoms with Crippen LogP contribution in [0.4, 0.5) is 10.5 Å². The number of nitrogens with zero attached hydrogens (tertiary/aromatic N) is 1. The molecule has 150 valence electrons. The van der Waals surface area contributed by atoms with Gasteiger partial charge in [-0.25, -0.2) is 4.79 Å². The largest absolute Gasteiger partial charge is 0.481 e. The van der Waals surface area contributed by atoms with Crippen molar-refractivity contribution in [2.75, 3.05) is 18.1 Å². The van der Waals surface area contributed by atoms with Crippen molar-refractivity contribution in [1.82, 2.24) is 0 Å². The highest BCUT2D eigenvalue weighted by molar-refractivity contribution is 9.10. The van der Waals surface area contributed by atoms with Gasteiger partial charge in [0.15, 0.2) is 0 Å². The van der Waals surface area contributed by atoms with Gasteiger partial charge in [0, 0.05) is 16.9 Å². The Morgan fingerprint density at radius 2 is 1.60 bits per heavy atom. The minimum absolute atomic E-state index is 0.0383. The molecule has 5 rings (SSSR count). The highest BCUT2D eigenvalue weighted by Gasteiger charge is 2.38. The van der Waals surface area contributed by atoms with E-state index in [0.29, 0.717) is 11.3 Å². The maximum Gasteiger partial charge on any atom is 0.414 e. The number of ether oxygens (including phenoxy) is 1. The van der Waals surface area contributed by atoms with Crippen LogP contribution >= 0.6 is 15.9 Å². The summed E-state index contributed by atoms with van der Waals surface area (Å²) < 4.78 is 6.50. The Labute approximate surface area is 182 Å². The molecule has 1 atom stereocenters. The summed E-state index contributed by atoms with van der Waals surface area (Å²) in [6.45, 7) is 0.269. The molecule has 1 aliphatic carbocycles. The second-order valence-corrected chi connectivity index (χ2v) is 8.42. The van der Waals surface area contributed by atoms with E-state index in [1.54, 1.807) is 18.2 Å². The van der Waals surface area contributed by atoms with Crippen molar-refractivity contribution in [1.29, 1.82) is 0 Å². The van der Waals surface area contributed by atoms with Crippen molar-refractivity contribution < 1.29 is 19.4 Å². The fourth-order valence-corrected chi connectivity index (χ4v) is 4.86. The molecule has 1 heterocycles. The normalized spacial score (nSPS) is 16.7. The number of carboxylic acid groups (broad SMARTS) is 1. The summed E-state index contributed by atoms with van der Waals surface area (Å²) in [5, 5.41) is 9.58. The number of carbonyl (C=O) groups excluding carboxylic acids is 1. The van der Waals surface area contributed by atoms with Gasteiger partial charge in [0.25, 0.3) is 0 Å². The lowest BCUT2D eigenvalue weighted by Crippen LogP contribution is -2.32. The van der Waals surface area contributed by atoms with Gasteiger partial charge in [-0.3, -0.25) is 9.69 Å². The molecule has 3 aromatic carbocycles. The van der Waals surface area contributed by atoms with E-state index in [9.17, 15) is 14.7 Å². The smallest absolute Gasteiger partial charge is 0.414 e. The zero-order chi connectivity index (χ0) is 20.8. The lowest BCUT2D eigenvalue weighted by atomic mass is 9.98. The average molecular weight is 464 g/mol. The molecule has 0 saturated heterocycles. The van der Waals surface area contributed by atoms with E-state index in [-0.39, 0.29) is 19.1 Å². The van der Waals surface area contributed by atoms with Crippen LogP contribution in [0.2, 0.25) is 0 Å². The van der Waals surface area contributed by atoms with E-state index >= 15 is 0 Å². The van der Waals surface area contributed by atoms with Crippen LogP contribution in [0.1, 0.15) is 28.5 Å². The summed E-state index contributed by atoms with van der Waals surface area (Å²) in [6.07, 6.45) is -0.524. The summed E-state index contributed by atoms with van der Waals surface area (Å²) in [6, 6.07) is 21.6. The van der Waals surface area contributed by atoms with Crippen LogP contribution < -0.4 is 4.90 Å². The van der Waals surface area contributed by atoms with E-state index in [1.165, 1.54) is 4.90 Å². The fraction of sp³-hybridized carbons (Fsp3) is 0.167. The number of anilines is 1. The number of halogens is 1. The Hall–Kier alpha value is -3.12. The molecule has 30 heavy (non-hydrogen) atoms. The molecule has 5 nitrogen and oxygen atoms in total. The van der Waals surface area contributed by atoms with Gasteiger partial charge in [0.2, 0.25) is 0 Å². The third-order valence-electron chi connectivity index (χ3n) is 5.88. The van der Waals surface area contributed by atoms with Crippen molar-refractivity contribution in [3.05, 3.63) is 87.9 Å². The van der Waals surface area contributed by atoms with Crippen molar-refractivity contribution in [3.63, 3.8) is 0 Å². The van der Waals surface area contributed by atoms with Crippen LogP contribution in [0.3, 0.4) is 0 Å². The van der Waals surface area contributed by atoms with Gasteiger partial charge < -0.3 is 9.84 Å². The summed E-state index contributed by atoms with van der Waals surface area (Å²) in [7, 11) is 0. The molecule has 2 aliphatic rings. The van der Waals surface area contributed by atoms with E-state index < -0.39 is 18.0 Å². The van der Waals surface area contributed by atoms with Gasteiger partial charge in [0.05, 0.1) is 5.69 Å². The van der Waals surface area contributed by atoms with E-state index in [1.807, 2.05) is 24.3 Å². The lowest BCUT2D eigenvalue weighted by molar-refractivity contribution is -0.138. The van der Waals surface area contributed by atoms with Gasteiger partial charge in [-0.2, -0.15) is 0 Å². The van der Waals surface area contributed by atoms with Crippen LogP contribution in [-0.2, 0) is 9.53 Å². The Kier molecular flexibility index (Phi) is 4.59. The number of fused-ring (bicyclic) bond motifs is 4. The average Bonchev–Trinajstić information content (AvgIpc) is 3.28. The SMILES string of the molecule is O=C(O)C1CN(C(=O)OCC2c3ccccc3-c3ccccc32)c2ccc(Br)cc21. The second-order valence-electron chi connectivity index (χ2n) is 7.51.